The zero-order chi connectivity index (χ0) is 16.8. The van der Waals surface area contributed by atoms with Crippen LogP contribution in [0.15, 0.2) is 54.9 Å². The lowest BCUT2D eigenvalue weighted by Gasteiger charge is -2.45. The number of nitrogens with one attached hydrogen (secondary N) is 2. The number of likely N-dealkylation sites (N-methyl/N-ethyl adjacent to an activating group) is 1. The molecule has 1 aromatic heterocycles. The average Bonchev–Trinajstić information content (AvgIpc) is 2.67. The monoisotopic (exact) mass is 339 g/mol. The molecular weight excluding hydrogens is 314 g/mol. The molecule has 0 radical (unpaired) electrons. The van der Waals surface area contributed by atoms with Crippen molar-refractivity contribution in [2.24, 2.45) is 0 Å². The van der Waals surface area contributed by atoms with Crippen molar-refractivity contribution in [3.05, 3.63) is 66.0 Å². The van der Waals surface area contributed by atoms with Gasteiger partial charge in [0.2, 0.25) is 0 Å². The van der Waals surface area contributed by atoms with Gasteiger partial charge in [0, 0.05) is 31.9 Å². The van der Waals surface area contributed by atoms with Crippen molar-refractivity contribution in [2.75, 3.05) is 7.05 Å². The Morgan fingerprint density at radius 2 is 2.04 bits per heavy atom. The Morgan fingerprint density at radius 3 is 2.75 bits per heavy atom. The van der Waals surface area contributed by atoms with Crippen LogP contribution >= 0.6 is 12.2 Å². The average molecular weight is 340 g/mol. The van der Waals surface area contributed by atoms with E-state index in [-0.39, 0.29) is 5.54 Å². The molecule has 0 bridgehead atoms. The number of rotatable bonds is 5. The first kappa shape index (κ1) is 17.1. The van der Waals surface area contributed by atoms with Gasteiger partial charge in [-0.2, -0.15) is 0 Å². The van der Waals surface area contributed by atoms with E-state index in [1.807, 2.05) is 25.5 Å². The highest BCUT2D eigenvalue weighted by atomic mass is 32.1. The van der Waals surface area contributed by atoms with Gasteiger partial charge in [0.1, 0.15) is 0 Å². The smallest absolute Gasteiger partial charge is 0.0961 e. The summed E-state index contributed by atoms with van der Waals surface area (Å²) in [5, 5.41) is 7.08. The lowest BCUT2D eigenvalue weighted by molar-refractivity contribution is 0.265. The van der Waals surface area contributed by atoms with Gasteiger partial charge in [-0.15, -0.1) is 0 Å². The van der Waals surface area contributed by atoms with E-state index in [2.05, 4.69) is 52.0 Å². The van der Waals surface area contributed by atoms with E-state index >= 15 is 0 Å². The summed E-state index contributed by atoms with van der Waals surface area (Å²) in [6, 6.07) is 14.7. The largest absolute Gasteiger partial charge is 0.381 e. The van der Waals surface area contributed by atoms with Crippen molar-refractivity contribution in [3.63, 3.8) is 0 Å². The third-order valence-electron chi connectivity index (χ3n) is 5.08. The predicted molar refractivity (Wildman–Crippen MR) is 103 cm³/mol. The van der Waals surface area contributed by atoms with Gasteiger partial charge in [0.15, 0.2) is 0 Å². The number of aromatic nitrogens is 1. The van der Waals surface area contributed by atoms with Crippen LogP contribution < -0.4 is 10.6 Å². The Hall–Kier alpha value is -1.78. The summed E-state index contributed by atoms with van der Waals surface area (Å²) in [6.07, 6.45) is 8.45. The van der Waals surface area contributed by atoms with Crippen molar-refractivity contribution in [2.45, 2.75) is 43.7 Å². The minimum atomic E-state index is -0.207. The van der Waals surface area contributed by atoms with Crippen LogP contribution in [0.1, 0.15) is 42.7 Å². The molecule has 1 saturated carbocycles. The molecule has 0 aliphatic heterocycles. The third-order valence-corrected chi connectivity index (χ3v) is 5.65. The van der Waals surface area contributed by atoms with E-state index in [0.717, 1.165) is 24.4 Å². The lowest BCUT2D eigenvalue weighted by atomic mass is 9.69. The molecule has 0 spiro atoms. The fourth-order valence-corrected chi connectivity index (χ4v) is 4.17. The molecule has 2 atom stereocenters. The molecule has 0 unspecified atom stereocenters. The molecule has 24 heavy (non-hydrogen) atoms. The number of pyridine rings is 1. The van der Waals surface area contributed by atoms with E-state index in [1.54, 1.807) is 0 Å². The summed E-state index contributed by atoms with van der Waals surface area (Å²) in [5.41, 5.74) is 2.35. The number of benzene rings is 1. The van der Waals surface area contributed by atoms with Crippen LogP contribution in [-0.2, 0) is 6.54 Å². The first-order valence-electron chi connectivity index (χ1n) is 8.67. The second-order valence-electron chi connectivity index (χ2n) is 6.47. The molecule has 1 aliphatic carbocycles. The first-order valence-corrected chi connectivity index (χ1v) is 9.08. The molecule has 2 aromatic rings. The van der Waals surface area contributed by atoms with Crippen LogP contribution in [0, 0.1) is 0 Å². The molecule has 1 fully saturated rings. The maximum atomic E-state index is 5.79. The summed E-state index contributed by atoms with van der Waals surface area (Å²) in [6.45, 7) is 0.819. The van der Waals surface area contributed by atoms with E-state index in [9.17, 15) is 0 Å². The first-order chi connectivity index (χ1) is 11.8. The SMILES string of the molecule is CNC(=S)[C@]1(NCc2ccccc2)CCCC[C@H]1c1cccnc1. The Balaban J connectivity index is 1.91. The van der Waals surface area contributed by atoms with Gasteiger partial charge in [-0.05, 0) is 30.0 Å². The Morgan fingerprint density at radius 1 is 1.21 bits per heavy atom. The molecule has 1 heterocycles. The van der Waals surface area contributed by atoms with Crippen LogP contribution in [0.4, 0.5) is 0 Å². The number of thiocarbonyl (C=S) groups is 1. The van der Waals surface area contributed by atoms with Crippen molar-refractivity contribution in [1.82, 2.24) is 15.6 Å². The summed E-state index contributed by atoms with van der Waals surface area (Å²) >= 11 is 5.79. The van der Waals surface area contributed by atoms with Gasteiger partial charge in [0.05, 0.1) is 10.5 Å². The zero-order valence-corrected chi connectivity index (χ0v) is 15.0. The second-order valence-corrected chi connectivity index (χ2v) is 6.88. The van der Waals surface area contributed by atoms with Crippen LogP contribution in [0.2, 0.25) is 0 Å². The quantitative estimate of drug-likeness (QED) is 0.812. The molecule has 126 valence electrons. The van der Waals surface area contributed by atoms with Crippen molar-refractivity contribution < 1.29 is 0 Å². The van der Waals surface area contributed by atoms with E-state index in [1.165, 1.54) is 24.0 Å². The molecular formula is C20H25N3S. The molecule has 1 aromatic carbocycles. The number of nitrogens with zero attached hydrogens (tertiary/aromatic N) is 1. The maximum absolute atomic E-state index is 5.79. The molecule has 4 heteroatoms. The third kappa shape index (κ3) is 3.50. The van der Waals surface area contributed by atoms with Crippen molar-refractivity contribution >= 4 is 17.2 Å². The summed E-state index contributed by atoms with van der Waals surface area (Å²) in [7, 11) is 1.93. The number of hydrogen-bond acceptors (Lipinski definition) is 3. The fourth-order valence-electron chi connectivity index (χ4n) is 3.85. The van der Waals surface area contributed by atoms with Gasteiger partial charge >= 0.3 is 0 Å². The van der Waals surface area contributed by atoms with Gasteiger partial charge in [-0.1, -0.05) is 61.5 Å². The van der Waals surface area contributed by atoms with Crippen molar-refractivity contribution in [3.8, 4) is 0 Å². The van der Waals surface area contributed by atoms with Gasteiger partial charge in [0.25, 0.3) is 0 Å². The Bertz CT molecular complexity index is 659. The highest BCUT2D eigenvalue weighted by molar-refractivity contribution is 7.80. The summed E-state index contributed by atoms with van der Waals surface area (Å²) < 4.78 is 0. The minimum Gasteiger partial charge on any atom is -0.381 e. The van der Waals surface area contributed by atoms with Crippen molar-refractivity contribution in [1.29, 1.82) is 0 Å². The van der Waals surface area contributed by atoms with Gasteiger partial charge < -0.3 is 10.6 Å². The van der Waals surface area contributed by atoms with Gasteiger partial charge in [-0.3, -0.25) is 4.98 Å². The summed E-state index contributed by atoms with van der Waals surface area (Å²) in [5.74, 6) is 0.351. The molecule has 2 N–H and O–H groups in total. The van der Waals surface area contributed by atoms with E-state index in [0.29, 0.717) is 5.92 Å². The van der Waals surface area contributed by atoms with Gasteiger partial charge in [-0.25, -0.2) is 0 Å². The molecule has 0 saturated heterocycles. The molecule has 0 amide bonds. The van der Waals surface area contributed by atoms with Crippen LogP contribution in [0.5, 0.6) is 0 Å². The fraction of sp³-hybridized carbons (Fsp3) is 0.400. The normalized spacial score (nSPS) is 23.6. The maximum Gasteiger partial charge on any atom is 0.0961 e. The number of hydrogen-bond donors (Lipinski definition) is 2. The highest BCUT2D eigenvalue weighted by Crippen LogP contribution is 2.41. The topological polar surface area (TPSA) is 37.0 Å². The zero-order valence-electron chi connectivity index (χ0n) is 14.2. The standard InChI is InChI=1S/C20H25N3S/c1-21-19(24)20(23-14-16-8-3-2-4-9-16)12-6-5-11-18(20)17-10-7-13-22-15-17/h2-4,7-10,13,15,18,23H,5-6,11-12,14H2,1H3,(H,21,24)/t18-,20-/m0/s1. The lowest BCUT2D eigenvalue weighted by Crippen LogP contribution is -2.60. The van der Waals surface area contributed by atoms with Crippen LogP contribution in [0.3, 0.4) is 0 Å². The van der Waals surface area contributed by atoms with Crippen LogP contribution in [-0.4, -0.2) is 22.6 Å². The van der Waals surface area contributed by atoms with E-state index < -0.39 is 0 Å². The second kappa shape index (κ2) is 7.86. The van der Waals surface area contributed by atoms with E-state index in [4.69, 9.17) is 12.2 Å². The Labute approximate surface area is 149 Å². The minimum absolute atomic E-state index is 0.207. The predicted octanol–water partition coefficient (Wildman–Crippen LogP) is 3.81. The Kier molecular flexibility index (Phi) is 5.59. The summed E-state index contributed by atoms with van der Waals surface area (Å²) in [4.78, 5) is 5.25. The molecule has 3 nitrogen and oxygen atoms in total. The molecule has 1 aliphatic rings. The van der Waals surface area contributed by atoms with Crippen LogP contribution in [0.25, 0.3) is 0 Å². The highest BCUT2D eigenvalue weighted by Gasteiger charge is 2.44. The molecule has 3 rings (SSSR count).